The van der Waals surface area contributed by atoms with E-state index < -0.39 is 32.8 Å². The van der Waals surface area contributed by atoms with Crippen LogP contribution in [0.4, 0.5) is 14.5 Å². The average molecular weight is 466 g/mol. The van der Waals surface area contributed by atoms with Gasteiger partial charge >= 0.3 is 0 Å². The number of fused-ring (bicyclic) bond motifs is 2. The van der Waals surface area contributed by atoms with Gasteiger partial charge in [0, 0.05) is 5.39 Å². The van der Waals surface area contributed by atoms with E-state index in [9.17, 15) is 27.1 Å². The summed E-state index contributed by atoms with van der Waals surface area (Å²) >= 11 is 0. The Morgan fingerprint density at radius 1 is 0.939 bits per heavy atom. The summed E-state index contributed by atoms with van der Waals surface area (Å²) in [5, 5.41) is 14.7. The zero-order chi connectivity index (χ0) is 23.3. The highest BCUT2D eigenvalue weighted by Gasteiger charge is 2.28. The minimum atomic E-state index is -3.91. The van der Waals surface area contributed by atoms with Crippen LogP contribution in [-0.4, -0.2) is 18.1 Å². The molecule has 4 aromatic rings. The Morgan fingerprint density at radius 2 is 1.64 bits per heavy atom. The van der Waals surface area contributed by atoms with Gasteiger partial charge in [0.1, 0.15) is 22.9 Å². The van der Waals surface area contributed by atoms with Crippen molar-refractivity contribution in [2.24, 2.45) is 0 Å². The first-order chi connectivity index (χ1) is 15.7. The average Bonchev–Trinajstić information content (AvgIpc) is 2.78. The minimum Gasteiger partial charge on any atom is -0.506 e. The van der Waals surface area contributed by atoms with Gasteiger partial charge in [-0.15, -0.1) is 0 Å². The molecule has 0 saturated heterocycles. The summed E-state index contributed by atoms with van der Waals surface area (Å²) in [6.07, 6.45) is 0. The molecular formula is C24H16F2N2O4S. The molecule has 0 aliphatic carbocycles. The predicted octanol–water partition coefficient (Wildman–Crippen LogP) is 4.23. The first-order valence-corrected chi connectivity index (χ1v) is 11.4. The van der Waals surface area contributed by atoms with Gasteiger partial charge in [0.15, 0.2) is 0 Å². The van der Waals surface area contributed by atoms with Crippen LogP contribution in [0.3, 0.4) is 0 Å². The van der Waals surface area contributed by atoms with Crippen LogP contribution in [0.2, 0.25) is 0 Å². The number of benzene rings is 3. The van der Waals surface area contributed by atoms with Gasteiger partial charge in [-0.2, -0.15) is 0 Å². The van der Waals surface area contributed by atoms with E-state index in [1.807, 2.05) is 0 Å². The molecule has 0 spiro atoms. The molecule has 0 saturated carbocycles. The van der Waals surface area contributed by atoms with E-state index in [4.69, 9.17) is 0 Å². The Hall–Kier alpha value is -3.98. The molecule has 0 atom stereocenters. The third kappa shape index (κ3) is 3.56. The van der Waals surface area contributed by atoms with Crippen molar-refractivity contribution in [1.29, 1.82) is 0 Å². The number of anilines is 1. The lowest BCUT2D eigenvalue weighted by molar-refractivity contribution is 0.476. The zero-order valence-corrected chi connectivity index (χ0v) is 17.7. The summed E-state index contributed by atoms with van der Waals surface area (Å²) < 4.78 is 54.3. The molecule has 5 rings (SSSR count). The Kier molecular flexibility index (Phi) is 4.79. The van der Waals surface area contributed by atoms with E-state index in [1.165, 1.54) is 47.0 Å². The van der Waals surface area contributed by atoms with Gasteiger partial charge < -0.3 is 15.0 Å². The Bertz CT molecular complexity index is 1630. The van der Waals surface area contributed by atoms with Gasteiger partial charge in [-0.3, -0.25) is 4.79 Å². The third-order valence-electron chi connectivity index (χ3n) is 5.46. The monoisotopic (exact) mass is 466 g/mol. The summed E-state index contributed by atoms with van der Waals surface area (Å²) in [6, 6.07) is 15.2. The Morgan fingerprint density at radius 3 is 2.39 bits per heavy atom. The van der Waals surface area contributed by atoms with Crippen molar-refractivity contribution in [1.82, 2.24) is 4.57 Å². The molecule has 1 aromatic heterocycles. The Labute approximate surface area is 187 Å². The number of pyridine rings is 1. The molecule has 3 aromatic carbocycles. The lowest BCUT2D eigenvalue weighted by atomic mass is 10.1. The fraction of sp³-hybridized carbons (Fsp3) is 0.0417. The highest BCUT2D eigenvalue weighted by atomic mass is 32.2. The summed E-state index contributed by atoms with van der Waals surface area (Å²) in [5.41, 5.74) is -0.0537. The van der Waals surface area contributed by atoms with Gasteiger partial charge in [-0.1, -0.05) is 24.3 Å². The van der Waals surface area contributed by atoms with Gasteiger partial charge in [-0.05, 0) is 48.0 Å². The maximum absolute atomic E-state index is 14.0. The normalized spacial score (nSPS) is 14.4. The van der Waals surface area contributed by atoms with Crippen molar-refractivity contribution in [3.63, 3.8) is 0 Å². The van der Waals surface area contributed by atoms with Crippen LogP contribution in [0.1, 0.15) is 11.1 Å². The lowest BCUT2D eigenvalue weighted by Crippen LogP contribution is -2.27. The van der Waals surface area contributed by atoms with E-state index in [0.717, 1.165) is 17.5 Å². The van der Waals surface area contributed by atoms with E-state index in [0.29, 0.717) is 5.56 Å². The van der Waals surface area contributed by atoms with E-state index >= 15 is 0 Å². The summed E-state index contributed by atoms with van der Waals surface area (Å²) in [6.45, 7) is -0.00879. The first kappa shape index (κ1) is 20.9. The van der Waals surface area contributed by atoms with Gasteiger partial charge in [0.25, 0.3) is 5.56 Å². The quantitative estimate of drug-likeness (QED) is 0.472. The molecule has 2 heterocycles. The molecular weight excluding hydrogens is 450 g/mol. The fourth-order valence-corrected chi connectivity index (χ4v) is 5.23. The maximum atomic E-state index is 14.0. The number of hydrogen-bond donors (Lipinski definition) is 2. The number of nitrogens with one attached hydrogen (secondary N) is 1. The van der Waals surface area contributed by atoms with E-state index in [2.05, 4.69) is 5.32 Å². The van der Waals surface area contributed by atoms with Crippen molar-refractivity contribution < 1.29 is 22.3 Å². The molecule has 0 fully saturated rings. The van der Waals surface area contributed by atoms with Gasteiger partial charge in [0.05, 0.1) is 33.7 Å². The largest absolute Gasteiger partial charge is 0.506 e. The molecule has 166 valence electrons. The number of para-hydroxylation sites is 1. The van der Waals surface area contributed by atoms with Crippen LogP contribution >= 0.6 is 0 Å². The predicted molar refractivity (Wildman–Crippen MR) is 121 cm³/mol. The number of aromatic hydroxyl groups is 1. The van der Waals surface area contributed by atoms with Gasteiger partial charge in [-0.25, -0.2) is 17.2 Å². The first-order valence-electron chi connectivity index (χ1n) is 9.87. The molecule has 6 nitrogen and oxygen atoms in total. The van der Waals surface area contributed by atoms with Crippen LogP contribution in [0.5, 0.6) is 5.75 Å². The fourth-order valence-electron chi connectivity index (χ4n) is 3.92. The zero-order valence-electron chi connectivity index (χ0n) is 16.9. The molecule has 0 unspecified atom stereocenters. The second-order valence-electron chi connectivity index (χ2n) is 7.60. The standard InChI is InChI=1S/C24H16F2N2O4S/c25-15-7-5-14(6-8-15)12-28-20-10-9-16(26)11-17(20)23(29)22(24(28)30)19-13-33(31,32)21-4-2-1-3-18(21)27-19/h1-11,13,27,29H,12H2. The molecule has 1 aliphatic heterocycles. The van der Waals surface area contributed by atoms with Crippen LogP contribution < -0.4 is 10.9 Å². The van der Waals surface area contributed by atoms with Crippen molar-refractivity contribution >= 4 is 32.1 Å². The van der Waals surface area contributed by atoms with Crippen LogP contribution in [0.25, 0.3) is 16.6 Å². The molecule has 9 heteroatoms. The molecule has 0 amide bonds. The Balaban J connectivity index is 1.78. The number of nitrogens with zero attached hydrogens (tertiary/aromatic N) is 1. The second kappa shape index (κ2) is 7.56. The number of rotatable bonds is 3. The smallest absolute Gasteiger partial charge is 0.264 e. The highest BCUT2D eigenvalue weighted by molar-refractivity contribution is 7.94. The van der Waals surface area contributed by atoms with Crippen molar-refractivity contribution in [2.75, 3.05) is 5.32 Å². The second-order valence-corrected chi connectivity index (χ2v) is 9.37. The molecule has 0 radical (unpaired) electrons. The SMILES string of the molecule is O=c1c(C2=CS(=O)(=O)c3ccccc3N2)c(O)c2cc(F)ccc2n1Cc1ccc(F)cc1. The molecule has 33 heavy (non-hydrogen) atoms. The molecule has 1 aliphatic rings. The third-order valence-corrected chi connectivity index (χ3v) is 6.97. The van der Waals surface area contributed by atoms with Crippen LogP contribution in [-0.2, 0) is 16.4 Å². The number of halogens is 2. The maximum Gasteiger partial charge on any atom is 0.264 e. The minimum absolute atomic E-state index is 0.00879. The number of hydrogen-bond acceptors (Lipinski definition) is 5. The van der Waals surface area contributed by atoms with Crippen molar-refractivity contribution in [2.45, 2.75) is 11.4 Å². The summed E-state index contributed by atoms with van der Waals surface area (Å²) in [7, 11) is -3.91. The van der Waals surface area contributed by atoms with Crippen molar-refractivity contribution in [3.8, 4) is 5.75 Å². The van der Waals surface area contributed by atoms with E-state index in [1.54, 1.807) is 12.1 Å². The summed E-state index contributed by atoms with van der Waals surface area (Å²) in [5.74, 6) is -1.62. The number of sulfone groups is 1. The van der Waals surface area contributed by atoms with E-state index in [-0.39, 0.29) is 39.3 Å². The molecule has 0 bridgehead atoms. The lowest BCUT2D eigenvalue weighted by Gasteiger charge is -2.21. The van der Waals surface area contributed by atoms with Gasteiger partial charge in [0.2, 0.25) is 9.84 Å². The highest BCUT2D eigenvalue weighted by Crippen LogP contribution is 2.37. The topological polar surface area (TPSA) is 88.4 Å². The molecule has 2 N–H and O–H groups in total. The van der Waals surface area contributed by atoms with Crippen LogP contribution in [0, 0.1) is 11.6 Å². The van der Waals surface area contributed by atoms with Crippen LogP contribution in [0.15, 0.2) is 81.8 Å². The number of aromatic nitrogens is 1. The van der Waals surface area contributed by atoms with Crippen molar-refractivity contribution in [3.05, 3.63) is 105 Å². The summed E-state index contributed by atoms with van der Waals surface area (Å²) in [4.78, 5) is 13.6.